The second-order valence-electron chi connectivity index (χ2n) is 7.68. The van der Waals surface area contributed by atoms with Gasteiger partial charge in [-0.3, -0.25) is 9.69 Å². The van der Waals surface area contributed by atoms with Crippen LogP contribution in [0.5, 0.6) is 0 Å². The van der Waals surface area contributed by atoms with Gasteiger partial charge in [-0.15, -0.1) is 22.7 Å². The third kappa shape index (κ3) is 5.32. The Morgan fingerprint density at radius 2 is 2.35 bits per heavy atom. The first kappa shape index (κ1) is 9.44. The summed E-state index contributed by atoms with van der Waals surface area (Å²) >= 11 is 1.30. The maximum atomic E-state index is 12.8. The molecule has 31 heavy (non-hydrogen) atoms. The summed E-state index contributed by atoms with van der Waals surface area (Å²) < 4.78 is 164. The largest absolute Gasteiger partial charge is 0.481 e. The lowest BCUT2D eigenvalue weighted by Gasteiger charge is -2.44. The number of piperidine rings is 1. The molecular formula is C26H37NO2S2. The molecule has 0 spiro atoms. The van der Waals surface area contributed by atoms with E-state index in [0.717, 1.165) is 13.8 Å². The minimum Gasteiger partial charge on any atom is -0.481 e. The fourth-order valence-corrected chi connectivity index (χ4v) is 5.00. The molecule has 0 aromatic carbocycles. The Hall–Kier alpha value is -1.43. The minimum atomic E-state index is -4.06. The first-order chi connectivity index (χ1) is 22.0. The third-order valence-electron chi connectivity index (χ3n) is 4.48. The summed E-state index contributed by atoms with van der Waals surface area (Å²) in [6.45, 7) is -3.74. The monoisotopic (exact) mass is 478 g/mol. The van der Waals surface area contributed by atoms with Crippen molar-refractivity contribution in [2.75, 3.05) is 13.0 Å². The maximum Gasteiger partial charge on any atom is 0.307 e. The molecule has 170 valence electrons. The van der Waals surface area contributed by atoms with Gasteiger partial charge in [0.2, 0.25) is 0 Å². The van der Waals surface area contributed by atoms with Crippen molar-refractivity contribution < 1.29 is 34.6 Å². The Morgan fingerprint density at radius 3 is 3.03 bits per heavy atom. The van der Waals surface area contributed by atoms with Gasteiger partial charge in [-0.1, -0.05) is 19.9 Å². The first-order valence-corrected chi connectivity index (χ1v) is 11.0. The normalized spacial score (nSPS) is 37.9. The van der Waals surface area contributed by atoms with Gasteiger partial charge in [-0.2, -0.15) is 0 Å². The highest BCUT2D eigenvalue weighted by Crippen LogP contribution is 2.41. The summed E-state index contributed by atoms with van der Waals surface area (Å²) in [7, 11) is 0. The number of aliphatic carboxylic acids is 1. The number of rotatable bonds is 7. The van der Waals surface area contributed by atoms with E-state index in [1.54, 1.807) is 0 Å². The van der Waals surface area contributed by atoms with Crippen molar-refractivity contribution in [3.63, 3.8) is 0 Å². The lowest BCUT2D eigenvalue weighted by Crippen LogP contribution is -2.52. The van der Waals surface area contributed by atoms with Gasteiger partial charge in [0.05, 0.1) is 10.0 Å². The van der Waals surface area contributed by atoms with Crippen LogP contribution in [0.4, 0.5) is 0 Å². The number of likely N-dealkylation sites (tertiary alicyclic amines) is 1. The van der Waals surface area contributed by atoms with Crippen LogP contribution >= 0.6 is 22.7 Å². The van der Waals surface area contributed by atoms with Gasteiger partial charge in [0.1, 0.15) is 0 Å². The predicted molar refractivity (Wildman–Crippen MR) is 135 cm³/mol. The highest BCUT2D eigenvalue weighted by molar-refractivity contribution is 7.15. The second kappa shape index (κ2) is 9.60. The predicted octanol–water partition coefficient (Wildman–Crippen LogP) is 7.26. The number of hydrogen-bond acceptors (Lipinski definition) is 5. The van der Waals surface area contributed by atoms with Crippen LogP contribution in [0, 0.1) is 26.6 Å². The number of hydrogen-bond donors (Lipinski definition) is 1. The highest BCUT2D eigenvalue weighted by atomic mass is 32.1. The molecule has 0 radical (unpaired) electrons. The molecule has 1 atom stereocenters. The molecule has 1 N–H and O–H groups in total. The van der Waals surface area contributed by atoms with Gasteiger partial charge < -0.3 is 5.11 Å². The summed E-state index contributed by atoms with van der Waals surface area (Å²) in [5.41, 5.74) is -3.77. The zero-order valence-corrected chi connectivity index (χ0v) is 19.7. The van der Waals surface area contributed by atoms with Crippen LogP contribution in [0.2, 0.25) is 0 Å². The highest BCUT2D eigenvalue weighted by Gasteiger charge is 2.36. The number of aryl methyl sites for hydroxylation is 1. The van der Waals surface area contributed by atoms with Gasteiger partial charge in [0.25, 0.3) is 1.43 Å². The Balaban J connectivity index is 2.64. The van der Waals surface area contributed by atoms with E-state index in [4.69, 9.17) is 22.0 Å². The lowest BCUT2D eigenvalue weighted by molar-refractivity contribution is -0.145. The quantitative estimate of drug-likeness (QED) is 0.455. The van der Waals surface area contributed by atoms with Crippen molar-refractivity contribution in [3.05, 3.63) is 48.8 Å². The molecule has 1 aliphatic rings. The molecular weight excluding hydrogens is 422 g/mol. The van der Waals surface area contributed by atoms with Crippen molar-refractivity contribution >= 4 is 34.2 Å². The second-order valence-corrected chi connectivity index (χ2v) is 9.72. The molecule has 2 aromatic heterocycles. The summed E-state index contributed by atoms with van der Waals surface area (Å²) in [6, 6.07) is -1.86. The number of thiophene rings is 2. The van der Waals surface area contributed by atoms with Gasteiger partial charge >= 0.3 is 5.97 Å². The molecule has 0 saturated carbocycles. The van der Waals surface area contributed by atoms with Crippen LogP contribution < -0.4 is 0 Å². The molecule has 0 aliphatic carbocycles. The fourth-order valence-electron chi connectivity index (χ4n) is 2.99. The van der Waals surface area contributed by atoms with Crippen LogP contribution in [-0.4, -0.2) is 34.5 Å². The Labute approximate surface area is 222 Å². The molecule has 0 bridgehead atoms. The Morgan fingerprint density at radius 1 is 1.58 bits per heavy atom. The fraction of sp³-hybridized carbons (Fsp3) is 0.577. The average molecular weight is 479 g/mol. The number of carbonyl (C=O) groups is 1. The Bertz CT molecular complexity index is 1660. The van der Waals surface area contributed by atoms with Gasteiger partial charge in [-0.25, -0.2) is 0 Å². The molecule has 2 aromatic rings. The summed E-state index contributed by atoms with van der Waals surface area (Å²) in [4.78, 5) is 12.2. The molecule has 1 aliphatic heterocycles. The summed E-state index contributed by atoms with van der Waals surface area (Å²) in [5, 5.41) is 3.62. The molecule has 1 fully saturated rings. The van der Waals surface area contributed by atoms with Crippen molar-refractivity contribution in [2.45, 2.75) is 78.9 Å². The van der Waals surface area contributed by atoms with Crippen LogP contribution in [0.25, 0.3) is 7.00 Å². The zero-order valence-electron chi connectivity index (χ0n) is 37.1. The SMILES string of the molecule is [2H]OC(=O)[C@@]1([2H])C([2H])([2H])N(C([2H])([2H])C([2H])([2H])C([2H])=C(c2sc(C)c([2H])c2C([2H])([2H])[2H])c2sc([2H])c(C)c2C([2H])(C)C)C(C)(C)C([2H])([2H])C1([2H])[2H]. The van der Waals surface area contributed by atoms with Crippen molar-refractivity contribution in [1.82, 2.24) is 4.90 Å². The molecule has 0 amide bonds. The standard InChI is InChI=1S/C26H37NO2S2/c1-16(2)22-18(4)15-30-24(22)21(23-17(3)13-19(5)31-23)9-8-12-27-14-20(25(28)29)10-11-26(27,6)7/h9,13,15-16,20H,8,10-12,14H2,1-7H3,(H,28,29)/t20-/m1/s1/i3D3,8D2,9D,10D2,11D2,12D2,13D,14D2,15D,16D,20D/hD. The van der Waals surface area contributed by atoms with E-state index >= 15 is 0 Å². The van der Waals surface area contributed by atoms with Crippen molar-refractivity contribution in [1.29, 1.82) is 1.43 Å². The molecule has 3 nitrogen and oxygen atoms in total. The van der Waals surface area contributed by atoms with Crippen molar-refractivity contribution in [2.24, 2.45) is 5.89 Å². The maximum absolute atomic E-state index is 12.8. The first-order valence-electron chi connectivity index (χ1n) is 18.8. The molecule has 5 heteroatoms. The Kier molecular flexibility index (Phi) is 2.92. The van der Waals surface area contributed by atoms with Crippen molar-refractivity contribution in [3.8, 4) is 0 Å². The minimum absolute atomic E-state index is 0.0548. The van der Waals surface area contributed by atoms with E-state index < -0.39 is 85.5 Å². The van der Waals surface area contributed by atoms with Gasteiger partial charge in [0.15, 0.2) is 0 Å². The summed E-state index contributed by atoms with van der Waals surface area (Å²) in [6.07, 6.45) is -11.3. The van der Waals surface area contributed by atoms with Crippen LogP contribution in [0.3, 0.4) is 0 Å². The van der Waals surface area contributed by atoms with E-state index in [1.165, 1.54) is 27.7 Å². The van der Waals surface area contributed by atoms with Gasteiger partial charge in [0, 0.05) is 59.3 Å². The van der Waals surface area contributed by atoms with E-state index in [9.17, 15) is 8.91 Å². The van der Waals surface area contributed by atoms with E-state index in [-0.39, 0.29) is 36.0 Å². The average Bonchev–Trinajstić information content (AvgIpc) is 3.39. The topological polar surface area (TPSA) is 40.5 Å². The molecule has 3 heterocycles. The van der Waals surface area contributed by atoms with Crippen LogP contribution in [0.15, 0.2) is 17.5 Å². The number of nitrogens with zero attached hydrogens (tertiary/aromatic N) is 1. The van der Waals surface area contributed by atoms with E-state index in [1.807, 2.05) is 0 Å². The zero-order chi connectivity index (χ0) is 39.5. The lowest BCUT2D eigenvalue weighted by atomic mass is 9.84. The molecule has 1 saturated heterocycles. The third-order valence-corrected chi connectivity index (χ3v) is 6.52. The van der Waals surface area contributed by atoms with E-state index in [2.05, 4.69) is 5.11 Å². The van der Waals surface area contributed by atoms with Crippen LogP contribution in [0.1, 0.15) is 109 Å². The number of carboxylic acids is 1. The molecule has 0 unspecified atom stereocenters. The summed E-state index contributed by atoms with van der Waals surface area (Å²) in [5.74, 6) is -7.89. The van der Waals surface area contributed by atoms with Gasteiger partial charge in [-0.05, 0) is 87.6 Å². The molecule has 3 rings (SSSR count). The smallest absolute Gasteiger partial charge is 0.307 e. The number of carboxylic acid groups (broad SMARTS) is 1. The van der Waals surface area contributed by atoms with E-state index in [0.29, 0.717) is 22.7 Å². The van der Waals surface area contributed by atoms with Crippen LogP contribution in [-0.2, 0) is 4.79 Å².